The van der Waals surface area contributed by atoms with Crippen molar-refractivity contribution in [3.05, 3.63) is 66.0 Å². The van der Waals surface area contributed by atoms with Crippen LogP contribution in [0.1, 0.15) is 24.1 Å². The Morgan fingerprint density at radius 3 is 2.54 bits per heavy atom. The molecule has 0 spiro atoms. The number of amides is 1. The van der Waals surface area contributed by atoms with E-state index in [9.17, 15) is 4.79 Å². The molecule has 7 nitrogen and oxygen atoms in total. The number of aromatic nitrogens is 1. The number of rotatable bonds is 10. The van der Waals surface area contributed by atoms with Gasteiger partial charge in [-0.2, -0.15) is 0 Å². The molecule has 0 aliphatic rings. The lowest BCUT2D eigenvalue weighted by atomic mass is 10.1. The monoisotopic (exact) mass is 354 g/mol. The Morgan fingerprint density at radius 1 is 1.08 bits per heavy atom. The number of carbonyl (C=O) groups excluding carboxylic acids is 1. The molecule has 1 amide bonds. The molecule has 0 aliphatic heterocycles. The maximum atomic E-state index is 12.6. The van der Waals surface area contributed by atoms with Gasteiger partial charge in [-0.25, -0.2) is 0 Å². The molecule has 0 unspecified atom stereocenters. The number of benzene rings is 1. The van der Waals surface area contributed by atoms with E-state index in [2.05, 4.69) is 20.9 Å². The number of nitrogens with two attached hydrogens (primary N) is 1. The highest BCUT2D eigenvalue weighted by molar-refractivity contribution is 5.81. The number of hydrogen-bond acceptors (Lipinski definition) is 4. The summed E-state index contributed by atoms with van der Waals surface area (Å²) < 4.78 is 0. The van der Waals surface area contributed by atoms with Crippen LogP contribution in [0.3, 0.4) is 0 Å². The number of hydrogen-bond donors (Lipinski definition) is 5. The van der Waals surface area contributed by atoms with Gasteiger partial charge in [0.1, 0.15) is 0 Å². The van der Waals surface area contributed by atoms with Gasteiger partial charge in [0.2, 0.25) is 5.91 Å². The van der Waals surface area contributed by atoms with Crippen LogP contribution < -0.4 is 21.7 Å². The maximum Gasteiger partial charge on any atom is 0.237 e. The number of carbonyl (C=O) groups is 1. The number of nitrogens with zero attached hydrogens (tertiary/aromatic N) is 1. The second kappa shape index (κ2) is 10.8. The predicted molar refractivity (Wildman–Crippen MR) is 102 cm³/mol. The van der Waals surface area contributed by atoms with Crippen LogP contribution in [-0.4, -0.2) is 29.4 Å². The molecule has 0 saturated carbocycles. The van der Waals surface area contributed by atoms with E-state index in [4.69, 9.17) is 11.1 Å². The molecule has 1 aromatic heterocycles. The van der Waals surface area contributed by atoms with Crippen molar-refractivity contribution in [3.8, 4) is 0 Å². The molecular weight excluding hydrogens is 328 g/mol. The Labute approximate surface area is 153 Å². The Hall–Kier alpha value is -2.93. The van der Waals surface area contributed by atoms with Crippen molar-refractivity contribution in [1.82, 2.24) is 20.9 Å². The van der Waals surface area contributed by atoms with Gasteiger partial charge in [0.25, 0.3) is 0 Å². The Bertz CT molecular complexity index is 677. The molecule has 1 heterocycles. The zero-order valence-corrected chi connectivity index (χ0v) is 14.7. The molecule has 2 rings (SSSR count). The summed E-state index contributed by atoms with van der Waals surface area (Å²) in [7, 11) is 0. The average Bonchev–Trinajstić information content (AvgIpc) is 2.67. The minimum absolute atomic E-state index is 0.0485. The third-order valence-corrected chi connectivity index (χ3v) is 3.87. The molecular formula is C19H26N6O. The van der Waals surface area contributed by atoms with E-state index in [1.54, 1.807) is 6.20 Å². The zero-order valence-electron chi connectivity index (χ0n) is 14.7. The van der Waals surface area contributed by atoms with Crippen LogP contribution in [0.25, 0.3) is 0 Å². The molecule has 26 heavy (non-hydrogen) atoms. The fourth-order valence-electron chi connectivity index (χ4n) is 2.49. The average molecular weight is 354 g/mol. The molecule has 0 fully saturated rings. The summed E-state index contributed by atoms with van der Waals surface area (Å²) >= 11 is 0. The highest BCUT2D eigenvalue weighted by atomic mass is 16.2. The number of nitrogens with one attached hydrogen (secondary N) is 4. The van der Waals surface area contributed by atoms with Gasteiger partial charge < -0.3 is 21.7 Å². The molecule has 1 atom stereocenters. The fourth-order valence-corrected chi connectivity index (χ4v) is 2.49. The van der Waals surface area contributed by atoms with Crippen molar-refractivity contribution < 1.29 is 4.79 Å². The first-order valence-corrected chi connectivity index (χ1v) is 8.68. The van der Waals surface area contributed by atoms with Crippen LogP contribution in [-0.2, 0) is 17.9 Å². The quantitative estimate of drug-likeness (QED) is 0.249. The lowest BCUT2D eigenvalue weighted by Gasteiger charge is -2.18. The summed E-state index contributed by atoms with van der Waals surface area (Å²) in [5, 5.41) is 16.2. The molecule has 0 saturated heterocycles. The molecule has 138 valence electrons. The van der Waals surface area contributed by atoms with E-state index in [1.165, 1.54) is 0 Å². The summed E-state index contributed by atoms with van der Waals surface area (Å²) in [6.45, 7) is 1.57. The van der Waals surface area contributed by atoms with E-state index in [1.807, 2.05) is 48.5 Å². The van der Waals surface area contributed by atoms with Crippen molar-refractivity contribution in [2.75, 3.05) is 6.54 Å². The smallest absolute Gasteiger partial charge is 0.237 e. The second-order valence-corrected chi connectivity index (χ2v) is 5.94. The van der Waals surface area contributed by atoms with E-state index in [0.717, 1.165) is 17.7 Å². The Balaban J connectivity index is 1.87. The van der Waals surface area contributed by atoms with Crippen LogP contribution in [0.5, 0.6) is 0 Å². The van der Waals surface area contributed by atoms with Crippen LogP contribution >= 0.6 is 0 Å². The van der Waals surface area contributed by atoms with Crippen LogP contribution in [0, 0.1) is 5.41 Å². The summed E-state index contributed by atoms with van der Waals surface area (Å²) in [5.41, 5.74) is 7.23. The highest BCUT2D eigenvalue weighted by Crippen LogP contribution is 2.02. The maximum absolute atomic E-state index is 12.6. The van der Waals surface area contributed by atoms with Gasteiger partial charge in [0, 0.05) is 25.8 Å². The highest BCUT2D eigenvalue weighted by Gasteiger charge is 2.17. The fraction of sp³-hybridized carbons (Fsp3) is 0.316. The van der Waals surface area contributed by atoms with Gasteiger partial charge in [-0.05, 0) is 30.5 Å². The first-order chi connectivity index (χ1) is 12.6. The summed E-state index contributed by atoms with van der Waals surface area (Å²) in [5.74, 6) is -0.107. The molecule has 6 N–H and O–H groups in total. The van der Waals surface area contributed by atoms with Crippen molar-refractivity contribution in [1.29, 1.82) is 5.41 Å². The predicted octanol–water partition coefficient (Wildman–Crippen LogP) is 1.12. The zero-order chi connectivity index (χ0) is 18.6. The summed E-state index contributed by atoms with van der Waals surface area (Å²) in [6.07, 6.45) is 3.09. The van der Waals surface area contributed by atoms with E-state index in [-0.39, 0.29) is 17.9 Å². The summed E-state index contributed by atoms with van der Waals surface area (Å²) in [6, 6.07) is 15.2. The second-order valence-electron chi connectivity index (χ2n) is 5.94. The van der Waals surface area contributed by atoms with Crippen LogP contribution in [0.4, 0.5) is 0 Å². The van der Waals surface area contributed by atoms with Crippen molar-refractivity contribution >= 4 is 11.9 Å². The van der Waals surface area contributed by atoms with Crippen LogP contribution in [0.2, 0.25) is 0 Å². The number of pyridine rings is 1. The molecule has 0 aliphatic carbocycles. The first-order valence-electron chi connectivity index (χ1n) is 8.68. The van der Waals surface area contributed by atoms with Crippen molar-refractivity contribution in [2.24, 2.45) is 5.73 Å². The topological polar surface area (TPSA) is 116 Å². The molecule has 7 heteroatoms. The van der Waals surface area contributed by atoms with Crippen LogP contribution in [0.15, 0.2) is 54.7 Å². The number of guanidine groups is 1. The van der Waals surface area contributed by atoms with E-state index in [0.29, 0.717) is 26.1 Å². The minimum Gasteiger partial charge on any atom is -0.370 e. The van der Waals surface area contributed by atoms with Gasteiger partial charge in [-0.1, -0.05) is 36.4 Å². The molecule has 0 bridgehead atoms. The first kappa shape index (κ1) is 19.4. The molecule has 1 aromatic carbocycles. The van der Waals surface area contributed by atoms with E-state index < -0.39 is 0 Å². The lowest BCUT2D eigenvalue weighted by Crippen LogP contribution is -2.44. The summed E-state index contributed by atoms with van der Waals surface area (Å²) in [4.78, 5) is 16.9. The van der Waals surface area contributed by atoms with Gasteiger partial charge in [0.05, 0.1) is 11.7 Å². The SMILES string of the molecule is N=C(N)NCCC[C@H](NCc1ccccn1)C(=O)NCc1ccccc1. The molecule has 2 aromatic rings. The largest absolute Gasteiger partial charge is 0.370 e. The third kappa shape index (κ3) is 7.31. The van der Waals surface area contributed by atoms with Crippen molar-refractivity contribution in [3.63, 3.8) is 0 Å². The normalized spacial score (nSPS) is 11.5. The Kier molecular flexibility index (Phi) is 8.08. The molecule has 0 radical (unpaired) electrons. The third-order valence-electron chi connectivity index (χ3n) is 3.87. The minimum atomic E-state index is -0.338. The van der Waals surface area contributed by atoms with Crippen molar-refractivity contribution in [2.45, 2.75) is 32.0 Å². The van der Waals surface area contributed by atoms with Gasteiger partial charge in [-0.3, -0.25) is 15.2 Å². The van der Waals surface area contributed by atoms with E-state index >= 15 is 0 Å². The standard InChI is InChI=1S/C19H26N6O/c20-19(21)23-12-6-10-17(24-14-16-9-4-5-11-22-16)18(26)25-13-15-7-2-1-3-8-15/h1-5,7-9,11,17,24H,6,10,12-14H2,(H,25,26)(H4,20,21,23)/t17-/m0/s1. The van der Waals surface area contributed by atoms with Gasteiger partial charge in [0.15, 0.2) is 5.96 Å². The lowest BCUT2D eigenvalue weighted by molar-refractivity contribution is -0.123. The Morgan fingerprint density at radius 2 is 1.85 bits per heavy atom. The van der Waals surface area contributed by atoms with Gasteiger partial charge >= 0.3 is 0 Å². The van der Waals surface area contributed by atoms with Gasteiger partial charge in [-0.15, -0.1) is 0 Å².